The van der Waals surface area contributed by atoms with Crippen LogP contribution in [0.2, 0.25) is 0 Å². The molecule has 4 rings (SSSR count). The van der Waals surface area contributed by atoms with Gasteiger partial charge in [-0.2, -0.15) is 5.10 Å². The Morgan fingerprint density at radius 2 is 1.94 bits per heavy atom. The van der Waals surface area contributed by atoms with Crippen LogP contribution in [0.4, 0.5) is 5.00 Å². The standard InChI is InChI=1S/C22H22N4O4S/c23-20(28)19-16-4-1-2-5-17(16)31-21(19)25-18(27)13-30-22(29)15-8-6-14(7-9-15)12-26-11-3-10-24-26/h3,6-11H,1-2,4-5,12-13H2,(H2,23,28)(H,25,27). The molecule has 2 aromatic heterocycles. The highest BCUT2D eigenvalue weighted by Crippen LogP contribution is 2.37. The second kappa shape index (κ2) is 9.13. The van der Waals surface area contributed by atoms with Gasteiger partial charge in [0.15, 0.2) is 6.61 Å². The van der Waals surface area contributed by atoms with Crippen molar-refractivity contribution in [3.05, 3.63) is 69.9 Å². The lowest BCUT2D eigenvalue weighted by molar-refractivity contribution is -0.119. The number of rotatable bonds is 7. The van der Waals surface area contributed by atoms with E-state index in [9.17, 15) is 14.4 Å². The van der Waals surface area contributed by atoms with Gasteiger partial charge in [-0.15, -0.1) is 11.3 Å². The number of esters is 1. The van der Waals surface area contributed by atoms with Crippen LogP contribution in [0.3, 0.4) is 0 Å². The molecule has 2 amide bonds. The number of anilines is 1. The van der Waals surface area contributed by atoms with E-state index in [1.54, 1.807) is 23.0 Å². The number of amides is 2. The molecule has 0 aliphatic heterocycles. The molecule has 31 heavy (non-hydrogen) atoms. The first-order valence-electron chi connectivity index (χ1n) is 9.99. The van der Waals surface area contributed by atoms with Crippen molar-refractivity contribution in [2.75, 3.05) is 11.9 Å². The first kappa shape index (κ1) is 20.8. The van der Waals surface area contributed by atoms with Gasteiger partial charge < -0.3 is 15.8 Å². The summed E-state index contributed by atoms with van der Waals surface area (Å²) in [4.78, 5) is 37.6. The summed E-state index contributed by atoms with van der Waals surface area (Å²) < 4.78 is 6.91. The first-order valence-corrected chi connectivity index (χ1v) is 10.8. The third-order valence-corrected chi connectivity index (χ3v) is 6.31. The number of hydrogen-bond donors (Lipinski definition) is 2. The molecule has 0 radical (unpaired) electrons. The smallest absolute Gasteiger partial charge is 0.338 e. The molecule has 0 fully saturated rings. The van der Waals surface area contributed by atoms with Crippen molar-refractivity contribution in [1.82, 2.24) is 9.78 Å². The maximum atomic E-state index is 12.3. The van der Waals surface area contributed by atoms with Gasteiger partial charge in [0.05, 0.1) is 17.7 Å². The lowest BCUT2D eigenvalue weighted by atomic mass is 9.95. The number of fused-ring (bicyclic) bond motifs is 1. The summed E-state index contributed by atoms with van der Waals surface area (Å²) in [6.07, 6.45) is 7.27. The van der Waals surface area contributed by atoms with Crippen LogP contribution in [0.15, 0.2) is 42.7 Å². The van der Waals surface area contributed by atoms with Gasteiger partial charge in [0.25, 0.3) is 11.8 Å². The monoisotopic (exact) mass is 438 g/mol. The number of thiophene rings is 1. The van der Waals surface area contributed by atoms with Crippen LogP contribution in [0, 0.1) is 0 Å². The maximum absolute atomic E-state index is 12.3. The van der Waals surface area contributed by atoms with Crippen LogP contribution in [0.5, 0.6) is 0 Å². The molecule has 2 heterocycles. The summed E-state index contributed by atoms with van der Waals surface area (Å²) in [5.41, 5.74) is 8.19. The second-order valence-electron chi connectivity index (χ2n) is 7.30. The largest absolute Gasteiger partial charge is 0.452 e. The summed E-state index contributed by atoms with van der Waals surface area (Å²) in [5.74, 6) is -1.66. The van der Waals surface area contributed by atoms with Crippen molar-refractivity contribution in [2.24, 2.45) is 5.73 Å². The average molecular weight is 439 g/mol. The molecule has 8 nitrogen and oxygen atoms in total. The van der Waals surface area contributed by atoms with Gasteiger partial charge in [-0.3, -0.25) is 14.3 Å². The molecule has 0 saturated carbocycles. The Hall–Kier alpha value is -3.46. The molecular weight excluding hydrogens is 416 g/mol. The summed E-state index contributed by atoms with van der Waals surface area (Å²) in [6.45, 7) is 0.145. The fraction of sp³-hybridized carbons (Fsp3) is 0.273. The quantitative estimate of drug-likeness (QED) is 0.550. The summed E-state index contributed by atoms with van der Waals surface area (Å²) in [6, 6.07) is 8.77. The molecule has 3 aromatic rings. The van der Waals surface area contributed by atoms with Gasteiger partial charge in [-0.1, -0.05) is 12.1 Å². The maximum Gasteiger partial charge on any atom is 0.338 e. The van der Waals surface area contributed by atoms with E-state index in [1.807, 2.05) is 24.4 Å². The van der Waals surface area contributed by atoms with Gasteiger partial charge in [-0.05, 0) is 55.0 Å². The van der Waals surface area contributed by atoms with Crippen LogP contribution < -0.4 is 11.1 Å². The Balaban J connectivity index is 1.34. The number of hydrogen-bond acceptors (Lipinski definition) is 6. The number of nitrogens with two attached hydrogens (primary N) is 1. The zero-order chi connectivity index (χ0) is 21.8. The van der Waals surface area contributed by atoms with E-state index in [4.69, 9.17) is 10.5 Å². The van der Waals surface area contributed by atoms with Crippen molar-refractivity contribution in [1.29, 1.82) is 0 Å². The molecule has 1 aliphatic rings. The third-order valence-electron chi connectivity index (χ3n) is 5.10. The Labute approximate surface area is 183 Å². The Kier molecular flexibility index (Phi) is 6.13. The number of carbonyl (C=O) groups is 3. The van der Waals surface area contributed by atoms with Gasteiger partial charge in [-0.25, -0.2) is 4.79 Å². The molecule has 0 unspecified atom stereocenters. The molecule has 0 saturated heterocycles. The molecule has 0 bridgehead atoms. The number of aromatic nitrogens is 2. The minimum Gasteiger partial charge on any atom is -0.452 e. The van der Waals surface area contributed by atoms with Crippen molar-refractivity contribution in [3.8, 4) is 0 Å². The minimum absolute atomic E-state index is 0.349. The zero-order valence-corrected chi connectivity index (χ0v) is 17.6. The number of benzene rings is 1. The second-order valence-corrected chi connectivity index (χ2v) is 8.41. The molecule has 3 N–H and O–H groups in total. The zero-order valence-electron chi connectivity index (χ0n) is 16.8. The molecule has 1 aliphatic carbocycles. The van der Waals surface area contributed by atoms with Gasteiger partial charge >= 0.3 is 5.97 Å². The third kappa shape index (κ3) is 4.83. The minimum atomic E-state index is -0.596. The number of carbonyl (C=O) groups excluding carboxylic acids is 3. The Morgan fingerprint density at radius 1 is 1.16 bits per heavy atom. The highest BCUT2D eigenvalue weighted by atomic mass is 32.1. The highest BCUT2D eigenvalue weighted by molar-refractivity contribution is 7.17. The van der Waals surface area contributed by atoms with Crippen molar-refractivity contribution in [3.63, 3.8) is 0 Å². The Bertz CT molecular complexity index is 1100. The topological polar surface area (TPSA) is 116 Å². The lowest BCUT2D eigenvalue weighted by Gasteiger charge is -2.11. The fourth-order valence-electron chi connectivity index (χ4n) is 3.62. The van der Waals surface area contributed by atoms with Crippen LogP contribution in [0.25, 0.3) is 0 Å². The van der Waals surface area contributed by atoms with Crippen LogP contribution in [0.1, 0.15) is 49.6 Å². The predicted molar refractivity (Wildman–Crippen MR) is 116 cm³/mol. The van der Waals surface area contributed by atoms with Gasteiger partial charge in [0.1, 0.15) is 5.00 Å². The first-order chi connectivity index (χ1) is 15.0. The molecule has 160 valence electrons. The number of nitrogens with zero attached hydrogens (tertiary/aromatic N) is 2. The average Bonchev–Trinajstić information content (AvgIpc) is 3.39. The number of primary amides is 1. The highest BCUT2D eigenvalue weighted by Gasteiger charge is 2.25. The van der Waals surface area contributed by atoms with Gasteiger partial charge in [0.2, 0.25) is 0 Å². The molecule has 1 aromatic carbocycles. The fourth-order valence-corrected chi connectivity index (χ4v) is 4.93. The normalized spacial score (nSPS) is 12.8. The van der Waals surface area contributed by atoms with Crippen LogP contribution >= 0.6 is 11.3 Å². The molecule has 9 heteroatoms. The van der Waals surface area contributed by atoms with E-state index >= 15 is 0 Å². The van der Waals surface area contributed by atoms with Gasteiger partial charge in [0, 0.05) is 17.3 Å². The SMILES string of the molecule is NC(=O)c1c(NC(=O)COC(=O)c2ccc(Cn3cccn3)cc2)sc2c1CCCC2. The summed E-state index contributed by atoms with van der Waals surface area (Å²) in [5, 5.41) is 7.26. The van der Waals surface area contributed by atoms with Crippen molar-refractivity contribution >= 4 is 34.1 Å². The van der Waals surface area contributed by atoms with Crippen LogP contribution in [-0.4, -0.2) is 34.2 Å². The van der Waals surface area contributed by atoms with E-state index in [2.05, 4.69) is 10.4 Å². The van der Waals surface area contributed by atoms with Crippen LogP contribution in [-0.2, 0) is 28.9 Å². The summed E-state index contributed by atoms with van der Waals surface area (Å²) >= 11 is 1.37. The molecule has 0 spiro atoms. The van der Waals surface area contributed by atoms with E-state index in [0.29, 0.717) is 22.7 Å². The number of aryl methyl sites for hydroxylation is 1. The predicted octanol–water partition coefficient (Wildman–Crippen LogP) is 2.77. The number of nitrogens with one attached hydrogen (secondary N) is 1. The van der Waals surface area contributed by atoms with E-state index in [-0.39, 0.29) is 0 Å². The number of ether oxygens (including phenoxy) is 1. The summed E-state index contributed by atoms with van der Waals surface area (Å²) in [7, 11) is 0. The van der Waals surface area contributed by atoms with Crippen molar-refractivity contribution in [2.45, 2.75) is 32.2 Å². The molecule has 0 atom stereocenters. The lowest BCUT2D eigenvalue weighted by Crippen LogP contribution is -2.23. The molecular formula is C22H22N4O4S. The Morgan fingerprint density at radius 3 is 2.65 bits per heavy atom. The van der Waals surface area contributed by atoms with E-state index in [0.717, 1.165) is 41.7 Å². The van der Waals surface area contributed by atoms with Crippen molar-refractivity contribution < 1.29 is 19.1 Å². The van der Waals surface area contributed by atoms with E-state index in [1.165, 1.54) is 11.3 Å². The van der Waals surface area contributed by atoms with E-state index < -0.39 is 24.4 Å².